The Kier molecular flexibility index (Phi) is 1.80. The van der Waals surface area contributed by atoms with Gasteiger partial charge in [0.05, 0.1) is 12.4 Å². The number of nitrogens with two attached hydrogens (primary N) is 1. The largest absolute Gasteiger partial charge is 0.405 e. The Hall–Kier alpha value is -1.38. The molecule has 0 aliphatic heterocycles. The first-order valence-corrected chi connectivity index (χ1v) is 2.58. The summed E-state index contributed by atoms with van der Waals surface area (Å²) in [5.74, 6) is 0. The molecule has 46 valence electrons. The second-order valence-corrected chi connectivity index (χ2v) is 1.53. The first kappa shape index (κ1) is 5.75. The zero-order valence-corrected chi connectivity index (χ0v) is 4.86. The second kappa shape index (κ2) is 2.81. The molecule has 3 nitrogen and oxygen atoms in total. The molecule has 0 unspecified atom stereocenters. The molecule has 0 spiro atoms. The van der Waals surface area contributed by atoms with Gasteiger partial charge in [-0.2, -0.15) is 10.2 Å². The number of rotatable bonds is 1. The third-order valence-corrected chi connectivity index (χ3v) is 0.896. The number of nitrogens with zero attached hydrogens (tertiary/aromatic N) is 2. The van der Waals surface area contributed by atoms with E-state index in [1.54, 1.807) is 18.5 Å². The first-order chi connectivity index (χ1) is 4.43. The molecule has 0 bridgehead atoms. The molecular formula is C6H7N3. The standard InChI is InChI=1S/C6H7N3/c7-3-1-6-2-4-8-9-5-6/h1-5H,7H2/b3-1+. The lowest BCUT2D eigenvalue weighted by Gasteiger charge is -1.85. The van der Waals surface area contributed by atoms with E-state index in [0.717, 1.165) is 5.56 Å². The van der Waals surface area contributed by atoms with Crippen molar-refractivity contribution >= 4 is 6.08 Å². The molecular weight excluding hydrogens is 114 g/mol. The zero-order valence-electron chi connectivity index (χ0n) is 4.86. The molecule has 0 aliphatic rings. The normalized spacial score (nSPS) is 10.2. The van der Waals surface area contributed by atoms with Gasteiger partial charge in [-0.25, -0.2) is 0 Å². The summed E-state index contributed by atoms with van der Waals surface area (Å²) in [7, 11) is 0. The van der Waals surface area contributed by atoms with Crippen molar-refractivity contribution in [1.29, 1.82) is 0 Å². The maximum atomic E-state index is 5.13. The van der Waals surface area contributed by atoms with Crippen LogP contribution in [0.3, 0.4) is 0 Å². The van der Waals surface area contributed by atoms with E-state index in [1.165, 1.54) is 6.20 Å². The van der Waals surface area contributed by atoms with Crippen LogP contribution in [0.1, 0.15) is 5.56 Å². The first-order valence-electron chi connectivity index (χ1n) is 2.58. The Labute approximate surface area is 53.2 Å². The van der Waals surface area contributed by atoms with Crippen molar-refractivity contribution in [2.24, 2.45) is 5.73 Å². The summed E-state index contributed by atoms with van der Waals surface area (Å²) in [6.07, 6.45) is 6.49. The van der Waals surface area contributed by atoms with Crippen LogP contribution in [0.25, 0.3) is 6.08 Å². The fraction of sp³-hybridized carbons (Fsp3) is 0. The minimum Gasteiger partial charge on any atom is -0.405 e. The molecule has 0 atom stereocenters. The Bertz CT molecular complexity index is 193. The van der Waals surface area contributed by atoms with Crippen LogP contribution in [0.2, 0.25) is 0 Å². The second-order valence-electron chi connectivity index (χ2n) is 1.53. The number of hydrogen-bond acceptors (Lipinski definition) is 3. The molecule has 0 radical (unpaired) electrons. The third kappa shape index (κ3) is 1.53. The Morgan fingerprint density at radius 3 is 2.89 bits per heavy atom. The molecule has 0 saturated carbocycles. The van der Waals surface area contributed by atoms with Crippen LogP contribution in [0, 0.1) is 0 Å². The fourth-order valence-corrected chi connectivity index (χ4v) is 0.511. The molecule has 2 N–H and O–H groups in total. The van der Waals surface area contributed by atoms with E-state index >= 15 is 0 Å². The summed E-state index contributed by atoms with van der Waals surface area (Å²) < 4.78 is 0. The van der Waals surface area contributed by atoms with Gasteiger partial charge < -0.3 is 5.73 Å². The van der Waals surface area contributed by atoms with Crippen molar-refractivity contribution in [2.45, 2.75) is 0 Å². The predicted molar refractivity (Wildman–Crippen MR) is 35.3 cm³/mol. The molecule has 0 aromatic carbocycles. The van der Waals surface area contributed by atoms with Crippen LogP contribution >= 0.6 is 0 Å². The summed E-state index contributed by atoms with van der Waals surface area (Å²) >= 11 is 0. The van der Waals surface area contributed by atoms with Crippen LogP contribution < -0.4 is 5.73 Å². The minimum atomic E-state index is 0.965. The lowest BCUT2D eigenvalue weighted by Crippen LogP contribution is -1.81. The molecule has 0 aliphatic carbocycles. The van der Waals surface area contributed by atoms with Crippen molar-refractivity contribution in [3.8, 4) is 0 Å². The van der Waals surface area contributed by atoms with Gasteiger partial charge in [0.15, 0.2) is 0 Å². The van der Waals surface area contributed by atoms with Gasteiger partial charge >= 0.3 is 0 Å². The lowest BCUT2D eigenvalue weighted by molar-refractivity contribution is 1.03. The van der Waals surface area contributed by atoms with Crippen LogP contribution in [0.15, 0.2) is 24.7 Å². The van der Waals surface area contributed by atoms with Gasteiger partial charge in [0, 0.05) is 0 Å². The van der Waals surface area contributed by atoms with E-state index in [4.69, 9.17) is 5.73 Å². The van der Waals surface area contributed by atoms with Crippen molar-refractivity contribution in [3.63, 3.8) is 0 Å². The van der Waals surface area contributed by atoms with Gasteiger partial charge in [0.1, 0.15) is 0 Å². The molecule has 1 aromatic rings. The van der Waals surface area contributed by atoms with Crippen LogP contribution in [-0.4, -0.2) is 10.2 Å². The third-order valence-electron chi connectivity index (χ3n) is 0.896. The number of aromatic nitrogens is 2. The Morgan fingerprint density at radius 2 is 2.33 bits per heavy atom. The fourth-order valence-electron chi connectivity index (χ4n) is 0.511. The van der Waals surface area contributed by atoms with Gasteiger partial charge in [0.2, 0.25) is 0 Å². The molecule has 1 heterocycles. The molecule has 0 saturated heterocycles. The van der Waals surface area contributed by atoms with Crippen LogP contribution in [-0.2, 0) is 0 Å². The Balaban J connectivity index is 2.85. The maximum absolute atomic E-state index is 5.13. The van der Waals surface area contributed by atoms with E-state index in [0.29, 0.717) is 0 Å². The summed E-state index contributed by atoms with van der Waals surface area (Å²) in [4.78, 5) is 0. The minimum absolute atomic E-state index is 0.965. The summed E-state index contributed by atoms with van der Waals surface area (Å²) in [5, 5.41) is 7.25. The number of hydrogen-bond donors (Lipinski definition) is 1. The topological polar surface area (TPSA) is 51.8 Å². The van der Waals surface area contributed by atoms with E-state index < -0.39 is 0 Å². The van der Waals surface area contributed by atoms with Crippen LogP contribution in [0.5, 0.6) is 0 Å². The quantitative estimate of drug-likeness (QED) is 0.585. The molecule has 1 aromatic heterocycles. The van der Waals surface area contributed by atoms with E-state index in [-0.39, 0.29) is 0 Å². The van der Waals surface area contributed by atoms with Gasteiger partial charge in [-0.15, -0.1) is 0 Å². The summed E-state index contributed by atoms with van der Waals surface area (Å²) in [5.41, 5.74) is 6.10. The average molecular weight is 121 g/mol. The van der Waals surface area contributed by atoms with Gasteiger partial charge in [-0.1, -0.05) is 0 Å². The molecule has 0 fully saturated rings. The highest BCUT2D eigenvalue weighted by Gasteiger charge is 1.80. The van der Waals surface area contributed by atoms with E-state index in [2.05, 4.69) is 10.2 Å². The summed E-state index contributed by atoms with van der Waals surface area (Å²) in [6.45, 7) is 0. The molecule has 9 heavy (non-hydrogen) atoms. The average Bonchev–Trinajstić information content (AvgIpc) is 1.91. The van der Waals surface area contributed by atoms with Gasteiger partial charge in [0.25, 0.3) is 0 Å². The molecule has 3 heteroatoms. The zero-order chi connectivity index (χ0) is 6.53. The van der Waals surface area contributed by atoms with Gasteiger partial charge in [-0.3, -0.25) is 0 Å². The van der Waals surface area contributed by atoms with E-state index in [1.807, 2.05) is 6.07 Å². The molecule has 1 rings (SSSR count). The maximum Gasteiger partial charge on any atom is 0.0569 e. The van der Waals surface area contributed by atoms with Crippen molar-refractivity contribution in [1.82, 2.24) is 10.2 Å². The van der Waals surface area contributed by atoms with Crippen molar-refractivity contribution in [2.75, 3.05) is 0 Å². The van der Waals surface area contributed by atoms with Crippen molar-refractivity contribution < 1.29 is 0 Å². The summed E-state index contributed by atoms with van der Waals surface area (Å²) in [6, 6.07) is 1.83. The van der Waals surface area contributed by atoms with Gasteiger partial charge in [-0.05, 0) is 23.9 Å². The lowest BCUT2D eigenvalue weighted by atomic mass is 10.3. The predicted octanol–water partition coefficient (Wildman–Crippen LogP) is 0.406. The SMILES string of the molecule is N/C=C/c1ccnnc1. The highest BCUT2D eigenvalue weighted by Crippen LogP contribution is 1.93. The smallest absolute Gasteiger partial charge is 0.0569 e. The van der Waals surface area contributed by atoms with Crippen LogP contribution in [0.4, 0.5) is 0 Å². The van der Waals surface area contributed by atoms with E-state index in [9.17, 15) is 0 Å². The van der Waals surface area contributed by atoms with Crippen molar-refractivity contribution in [3.05, 3.63) is 30.2 Å². The monoisotopic (exact) mass is 121 g/mol. The highest BCUT2D eigenvalue weighted by atomic mass is 15.1. The highest BCUT2D eigenvalue weighted by molar-refractivity contribution is 5.45. The molecule has 0 amide bonds. The Morgan fingerprint density at radius 1 is 1.44 bits per heavy atom.